The van der Waals surface area contributed by atoms with Crippen molar-refractivity contribution in [1.29, 1.82) is 0 Å². The third kappa shape index (κ3) is 3.03. The molecule has 0 radical (unpaired) electrons. The number of carbonyl (C=O) groups excluding carboxylic acids is 1. The van der Waals surface area contributed by atoms with Crippen LogP contribution in [-0.4, -0.2) is 20.7 Å². The van der Waals surface area contributed by atoms with Gasteiger partial charge in [0.05, 0.1) is 5.56 Å². The van der Waals surface area contributed by atoms with Crippen molar-refractivity contribution in [3.05, 3.63) is 42.1 Å². The molecule has 0 saturated heterocycles. The van der Waals surface area contributed by atoms with E-state index >= 15 is 0 Å². The lowest BCUT2D eigenvalue weighted by Gasteiger charge is -2.06. The molecule has 2 aromatic rings. The van der Waals surface area contributed by atoms with E-state index in [1.54, 1.807) is 20.0 Å². The van der Waals surface area contributed by atoms with Gasteiger partial charge in [-0.2, -0.15) is 0 Å². The van der Waals surface area contributed by atoms with Crippen molar-refractivity contribution in [1.82, 2.24) is 9.78 Å². The average Bonchev–Trinajstić information content (AvgIpc) is 2.81. The Labute approximate surface area is 122 Å². The standard InChI is InChI=1S/C14H16N4OS/c1-9(2)14(19)18-8-11(12(15)17-18)13(20)16-10-6-4-3-5-7-10/h3-9H,1-2H3,(H2,15,17)(H,16,20). The maximum atomic E-state index is 11.9. The van der Waals surface area contributed by atoms with Crippen molar-refractivity contribution in [3.8, 4) is 0 Å². The van der Waals surface area contributed by atoms with Crippen molar-refractivity contribution in [2.75, 3.05) is 11.1 Å². The summed E-state index contributed by atoms with van der Waals surface area (Å²) in [5, 5.41) is 7.08. The van der Waals surface area contributed by atoms with E-state index in [4.69, 9.17) is 18.0 Å². The number of nitrogens with two attached hydrogens (primary N) is 1. The minimum atomic E-state index is -0.155. The van der Waals surface area contributed by atoms with E-state index in [0.29, 0.717) is 10.6 Å². The fourth-order valence-corrected chi connectivity index (χ4v) is 1.93. The number of nitrogen functional groups attached to an aromatic ring is 1. The zero-order valence-corrected chi connectivity index (χ0v) is 12.1. The first-order valence-electron chi connectivity index (χ1n) is 6.25. The smallest absolute Gasteiger partial charge is 0.249 e. The molecule has 0 aliphatic carbocycles. The van der Waals surface area contributed by atoms with Gasteiger partial charge in [0.25, 0.3) is 0 Å². The highest BCUT2D eigenvalue weighted by Crippen LogP contribution is 2.15. The molecule has 0 bridgehead atoms. The summed E-state index contributed by atoms with van der Waals surface area (Å²) in [6.45, 7) is 3.61. The van der Waals surface area contributed by atoms with Gasteiger partial charge in [-0.1, -0.05) is 44.3 Å². The van der Waals surface area contributed by atoms with Crippen molar-refractivity contribution in [2.45, 2.75) is 13.8 Å². The summed E-state index contributed by atoms with van der Waals surface area (Å²) in [5.41, 5.74) is 7.24. The van der Waals surface area contributed by atoms with E-state index in [9.17, 15) is 4.79 Å². The fourth-order valence-electron chi connectivity index (χ4n) is 1.66. The van der Waals surface area contributed by atoms with E-state index in [2.05, 4.69) is 10.4 Å². The van der Waals surface area contributed by atoms with Gasteiger partial charge < -0.3 is 11.1 Å². The van der Waals surface area contributed by atoms with Gasteiger partial charge in [-0.05, 0) is 12.1 Å². The molecule has 0 fully saturated rings. The highest BCUT2D eigenvalue weighted by molar-refractivity contribution is 7.81. The molecule has 0 amide bonds. The Hall–Kier alpha value is -2.21. The van der Waals surface area contributed by atoms with E-state index in [0.717, 1.165) is 5.69 Å². The number of benzene rings is 1. The maximum Gasteiger partial charge on any atom is 0.249 e. The van der Waals surface area contributed by atoms with Gasteiger partial charge in [0.1, 0.15) is 4.99 Å². The van der Waals surface area contributed by atoms with E-state index in [1.165, 1.54) is 4.68 Å². The predicted octanol–water partition coefficient (Wildman–Crippen LogP) is 2.55. The van der Waals surface area contributed by atoms with Crippen molar-refractivity contribution in [3.63, 3.8) is 0 Å². The number of nitrogens with one attached hydrogen (secondary N) is 1. The number of nitrogens with zero attached hydrogens (tertiary/aromatic N) is 2. The van der Waals surface area contributed by atoms with Crippen LogP contribution in [0.4, 0.5) is 11.5 Å². The number of aromatic nitrogens is 2. The molecule has 0 unspecified atom stereocenters. The molecule has 0 saturated carbocycles. The van der Waals surface area contributed by atoms with Crippen LogP contribution in [0.25, 0.3) is 0 Å². The molecule has 1 heterocycles. The Morgan fingerprint density at radius 3 is 2.60 bits per heavy atom. The third-order valence-electron chi connectivity index (χ3n) is 2.74. The summed E-state index contributed by atoms with van der Waals surface area (Å²) < 4.78 is 1.24. The molecule has 6 heteroatoms. The lowest BCUT2D eigenvalue weighted by Crippen LogP contribution is -2.17. The van der Waals surface area contributed by atoms with Gasteiger partial charge in [0, 0.05) is 17.8 Å². The van der Waals surface area contributed by atoms with Crippen LogP contribution in [-0.2, 0) is 0 Å². The van der Waals surface area contributed by atoms with Gasteiger partial charge in [-0.15, -0.1) is 5.10 Å². The van der Waals surface area contributed by atoms with Gasteiger partial charge in [-0.25, -0.2) is 4.68 Å². The zero-order valence-electron chi connectivity index (χ0n) is 11.3. The molecule has 0 aliphatic heterocycles. The Kier molecular flexibility index (Phi) is 4.14. The normalized spacial score (nSPS) is 10.6. The number of para-hydroxylation sites is 1. The minimum absolute atomic E-state index is 0.120. The first kappa shape index (κ1) is 14.2. The molecule has 20 heavy (non-hydrogen) atoms. The maximum absolute atomic E-state index is 11.9. The Bertz CT molecular complexity index is 634. The lowest BCUT2D eigenvalue weighted by atomic mass is 10.2. The SMILES string of the molecule is CC(C)C(=O)n1cc(C(=S)Nc2ccccc2)c(N)n1. The summed E-state index contributed by atoms with van der Waals surface area (Å²) in [4.78, 5) is 12.3. The van der Waals surface area contributed by atoms with Crippen molar-refractivity contribution in [2.24, 2.45) is 5.92 Å². The van der Waals surface area contributed by atoms with Crippen LogP contribution in [0, 0.1) is 5.92 Å². The number of hydrogen-bond acceptors (Lipinski definition) is 4. The molecule has 2 rings (SSSR count). The van der Waals surface area contributed by atoms with Gasteiger partial charge in [-0.3, -0.25) is 4.79 Å². The second kappa shape index (κ2) is 5.83. The Morgan fingerprint density at radius 1 is 1.35 bits per heavy atom. The van der Waals surface area contributed by atoms with E-state index < -0.39 is 0 Å². The van der Waals surface area contributed by atoms with Crippen LogP contribution in [0.15, 0.2) is 36.5 Å². The number of thiocarbonyl (C=S) groups is 1. The number of anilines is 2. The second-order valence-corrected chi connectivity index (χ2v) is 5.09. The topological polar surface area (TPSA) is 72.9 Å². The molecule has 1 aromatic carbocycles. The van der Waals surface area contributed by atoms with Crippen LogP contribution in [0.1, 0.15) is 24.2 Å². The third-order valence-corrected chi connectivity index (χ3v) is 3.06. The molecule has 104 valence electrons. The van der Waals surface area contributed by atoms with E-state index in [-0.39, 0.29) is 17.6 Å². The summed E-state index contributed by atoms with van der Waals surface area (Å²) in [6.07, 6.45) is 1.57. The molecular formula is C14H16N4OS. The number of carbonyl (C=O) groups is 1. The first-order chi connectivity index (χ1) is 9.49. The summed E-state index contributed by atoms with van der Waals surface area (Å²) in [7, 11) is 0. The number of hydrogen-bond donors (Lipinski definition) is 2. The molecule has 1 aromatic heterocycles. The van der Waals surface area contributed by atoms with E-state index in [1.807, 2.05) is 30.3 Å². The Balaban J connectivity index is 2.21. The first-order valence-corrected chi connectivity index (χ1v) is 6.65. The quantitative estimate of drug-likeness (QED) is 0.849. The predicted molar refractivity (Wildman–Crippen MR) is 83.9 cm³/mol. The lowest BCUT2D eigenvalue weighted by molar-refractivity contribution is 0.0839. The van der Waals surface area contributed by atoms with Crippen molar-refractivity contribution < 1.29 is 4.79 Å². The van der Waals surface area contributed by atoms with Crippen LogP contribution in [0.2, 0.25) is 0 Å². The molecule has 5 nitrogen and oxygen atoms in total. The van der Waals surface area contributed by atoms with Gasteiger partial charge in [0.15, 0.2) is 5.82 Å². The van der Waals surface area contributed by atoms with Crippen LogP contribution in [0.5, 0.6) is 0 Å². The fraction of sp³-hybridized carbons (Fsp3) is 0.214. The molecule has 3 N–H and O–H groups in total. The average molecular weight is 288 g/mol. The summed E-state index contributed by atoms with van der Waals surface area (Å²) >= 11 is 5.30. The largest absolute Gasteiger partial charge is 0.382 e. The highest BCUT2D eigenvalue weighted by atomic mass is 32.1. The van der Waals surface area contributed by atoms with Crippen molar-refractivity contribution >= 4 is 34.6 Å². The molecule has 0 spiro atoms. The van der Waals surface area contributed by atoms with Crippen LogP contribution < -0.4 is 11.1 Å². The number of rotatable bonds is 3. The Morgan fingerprint density at radius 2 is 2.00 bits per heavy atom. The second-order valence-electron chi connectivity index (χ2n) is 4.69. The van der Waals surface area contributed by atoms with Crippen LogP contribution >= 0.6 is 12.2 Å². The summed E-state index contributed by atoms with van der Waals surface area (Å²) in [6, 6.07) is 9.51. The minimum Gasteiger partial charge on any atom is -0.382 e. The van der Waals surface area contributed by atoms with Gasteiger partial charge >= 0.3 is 0 Å². The highest BCUT2D eigenvalue weighted by Gasteiger charge is 2.16. The zero-order chi connectivity index (χ0) is 14.7. The molecular weight excluding hydrogens is 272 g/mol. The summed E-state index contributed by atoms with van der Waals surface area (Å²) in [5.74, 6) is -0.0318. The van der Waals surface area contributed by atoms with Gasteiger partial charge in [0.2, 0.25) is 5.91 Å². The van der Waals surface area contributed by atoms with Crippen LogP contribution in [0.3, 0.4) is 0 Å². The molecule has 0 atom stereocenters. The monoisotopic (exact) mass is 288 g/mol. The molecule has 0 aliphatic rings.